The predicted octanol–water partition coefficient (Wildman–Crippen LogP) is 4.32. The molecule has 0 aliphatic heterocycles. The molecule has 0 aliphatic carbocycles. The van der Waals surface area contributed by atoms with Crippen LogP contribution in [0.3, 0.4) is 0 Å². The van der Waals surface area contributed by atoms with Crippen LogP contribution in [0.5, 0.6) is 0 Å². The summed E-state index contributed by atoms with van der Waals surface area (Å²) in [6.45, 7) is 0. The Morgan fingerprint density at radius 1 is 1.00 bits per heavy atom. The summed E-state index contributed by atoms with van der Waals surface area (Å²) in [5.41, 5.74) is 1.16. The summed E-state index contributed by atoms with van der Waals surface area (Å²) in [4.78, 5) is 12.2. The third-order valence-electron chi connectivity index (χ3n) is 2.76. The molecule has 0 amide bonds. The summed E-state index contributed by atoms with van der Waals surface area (Å²) in [5.74, 6) is 0.173. The summed E-state index contributed by atoms with van der Waals surface area (Å²) in [5, 5.41) is 1.35. The highest BCUT2D eigenvalue weighted by molar-refractivity contribution is 6.35. The van der Waals surface area contributed by atoms with Gasteiger partial charge in [-0.3, -0.25) is 4.79 Å². The van der Waals surface area contributed by atoms with Crippen LogP contribution in [0.1, 0.15) is 16.1 Å². The number of halogens is 1. The highest BCUT2D eigenvalue weighted by atomic mass is 35.5. The van der Waals surface area contributed by atoms with Crippen LogP contribution in [-0.2, 0) is 0 Å². The highest BCUT2D eigenvalue weighted by Gasteiger charge is 2.15. The molecule has 2 nitrogen and oxygen atoms in total. The Hall–Kier alpha value is -2.06. The Kier molecular flexibility index (Phi) is 2.65. The van der Waals surface area contributed by atoms with Gasteiger partial charge in [0.1, 0.15) is 0 Å². The molecular formula is C15H9ClO2. The van der Waals surface area contributed by atoms with Gasteiger partial charge in [-0.05, 0) is 12.1 Å². The lowest BCUT2D eigenvalue weighted by atomic mass is 10.1. The maximum Gasteiger partial charge on any atom is 0.228 e. The van der Waals surface area contributed by atoms with E-state index in [-0.39, 0.29) is 5.78 Å². The minimum atomic E-state index is -0.136. The molecule has 0 aliphatic rings. The molecule has 2 aromatic carbocycles. The fraction of sp³-hybridized carbons (Fsp3) is 0. The number of fused-ring (bicyclic) bond motifs is 1. The molecular weight excluding hydrogens is 248 g/mol. The largest absolute Gasteiger partial charge is 0.451 e. The zero-order chi connectivity index (χ0) is 12.5. The lowest BCUT2D eigenvalue weighted by molar-refractivity contribution is 0.101. The molecule has 3 heteroatoms. The maximum atomic E-state index is 12.2. The van der Waals surface area contributed by atoms with Crippen molar-refractivity contribution in [2.45, 2.75) is 0 Å². The molecule has 1 aromatic heterocycles. The molecule has 0 saturated heterocycles. The van der Waals surface area contributed by atoms with Crippen molar-refractivity contribution in [3.05, 3.63) is 70.9 Å². The van der Waals surface area contributed by atoms with Gasteiger partial charge < -0.3 is 4.42 Å². The summed E-state index contributed by atoms with van der Waals surface area (Å²) >= 11 is 6.02. The fourth-order valence-corrected chi connectivity index (χ4v) is 2.09. The first-order valence-corrected chi connectivity index (χ1v) is 5.91. The minimum absolute atomic E-state index is 0.136. The van der Waals surface area contributed by atoms with E-state index >= 15 is 0 Å². The summed E-state index contributed by atoms with van der Waals surface area (Å²) in [6.07, 6.45) is 0. The van der Waals surface area contributed by atoms with Gasteiger partial charge in [-0.1, -0.05) is 54.1 Å². The van der Waals surface area contributed by atoms with Gasteiger partial charge in [0.15, 0.2) is 11.3 Å². The third kappa shape index (κ3) is 1.81. The SMILES string of the molecule is O=C(c1ccccc1)c1cc2cccc(Cl)c2o1. The molecule has 0 atom stereocenters. The first kappa shape index (κ1) is 11.1. The zero-order valence-corrected chi connectivity index (χ0v) is 10.1. The number of rotatable bonds is 2. The van der Waals surface area contributed by atoms with Crippen LogP contribution in [0, 0.1) is 0 Å². The van der Waals surface area contributed by atoms with E-state index < -0.39 is 0 Å². The molecule has 18 heavy (non-hydrogen) atoms. The van der Waals surface area contributed by atoms with E-state index in [1.807, 2.05) is 30.3 Å². The molecule has 0 unspecified atom stereocenters. The first-order chi connectivity index (χ1) is 8.75. The molecule has 1 heterocycles. The Balaban J connectivity index is 2.10. The van der Waals surface area contributed by atoms with Crippen molar-refractivity contribution in [2.75, 3.05) is 0 Å². The van der Waals surface area contributed by atoms with Gasteiger partial charge in [-0.15, -0.1) is 0 Å². The standard InChI is InChI=1S/C15H9ClO2/c16-12-8-4-7-11-9-13(18-15(11)12)14(17)10-5-2-1-3-6-10/h1-9H. The van der Waals surface area contributed by atoms with Gasteiger partial charge in [-0.25, -0.2) is 0 Å². The van der Waals surface area contributed by atoms with E-state index in [0.717, 1.165) is 5.39 Å². The Bertz CT molecular complexity index is 714. The van der Waals surface area contributed by atoms with Crippen molar-refractivity contribution in [2.24, 2.45) is 0 Å². The number of hydrogen-bond acceptors (Lipinski definition) is 2. The normalized spacial score (nSPS) is 10.7. The molecule has 0 radical (unpaired) electrons. The molecule has 0 bridgehead atoms. The van der Waals surface area contributed by atoms with Crippen LogP contribution >= 0.6 is 11.6 Å². The van der Waals surface area contributed by atoms with Crippen LogP contribution in [0.25, 0.3) is 11.0 Å². The lowest BCUT2D eigenvalue weighted by Gasteiger charge is -1.95. The van der Waals surface area contributed by atoms with E-state index in [1.165, 1.54) is 0 Å². The Labute approximate surface area is 109 Å². The van der Waals surface area contributed by atoms with Crippen molar-refractivity contribution >= 4 is 28.4 Å². The topological polar surface area (TPSA) is 30.2 Å². The van der Waals surface area contributed by atoms with Gasteiger partial charge >= 0.3 is 0 Å². The van der Waals surface area contributed by atoms with Gasteiger partial charge in [-0.2, -0.15) is 0 Å². The van der Waals surface area contributed by atoms with E-state index in [0.29, 0.717) is 21.9 Å². The summed E-state index contributed by atoms with van der Waals surface area (Å²) in [7, 11) is 0. The molecule has 3 aromatic rings. The maximum absolute atomic E-state index is 12.2. The number of carbonyl (C=O) groups excluding carboxylic acids is 1. The number of benzene rings is 2. The minimum Gasteiger partial charge on any atom is -0.451 e. The van der Waals surface area contributed by atoms with Crippen molar-refractivity contribution in [1.29, 1.82) is 0 Å². The lowest BCUT2D eigenvalue weighted by Crippen LogP contribution is -1.98. The summed E-state index contributed by atoms with van der Waals surface area (Å²) in [6, 6.07) is 16.2. The fourth-order valence-electron chi connectivity index (χ4n) is 1.87. The van der Waals surface area contributed by atoms with Gasteiger partial charge in [0.25, 0.3) is 0 Å². The average Bonchev–Trinajstić information content (AvgIpc) is 2.84. The van der Waals surface area contributed by atoms with Crippen molar-refractivity contribution < 1.29 is 9.21 Å². The van der Waals surface area contributed by atoms with E-state index in [1.54, 1.807) is 24.3 Å². The monoisotopic (exact) mass is 256 g/mol. The number of carbonyl (C=O) groups is 1. The summed E-state index contributed by atoms with van der Waals surface area (Å²) < 4.78 is 5.53. The molecule has 0 fully saturated rings. The Morgan fingerprint density at radius 2 is 1.78 bits per heavy atom. The molecule has 0 N–H and O–H groups in total. The number of furan rings is 1. The number of ketones is 1. The van der Waals surface area contributed by atoms with Crippen LogP contribution in [0.4, 0.5) is 0 Å². The van der Waals surface area contributed by atoms with Crippen LogP contribution in [-0.4, -0.2) is 5.78 Å². The molecule has 88 valence electrons. The van der Waals surface area contributed by atoms with E-state index in [9.17, 15) is 4.79 Å². The highest BCUT2D eigenvalue weighted by Crippen LogP contribution is 2.27. The van der Waals surface area contributed by atoms with Gasteiger partial charge in [0.05, 0.1) is 5.02 Å². The van der Waals surface area contributed by atoms with Crippen LogP contribution in [0.2, 0.25) is 5.02 Å². The van der Waals surface area contributed by atoms with Gasteiger partial charge in [0.2, 0.25) is 5.78 Å². The van der Waals surface area contributed by atoms with Crippen molar-refractivity contribution in [3.63, 3.8) is 0 Å². The molecule has 0 spiro atoms. The first-order valence-electron chi connectivity index (χ1n) is 5.53. The Morgan fingerprint density at radius 3 is 2.50 bits per heavy atom. The van der Waals surface area contributed by atoms with Crippen molar-refractivity contribution in [1.82, 2.24) is 0 Å². The quantitative estimate of drug-likeness (QED) is 0.639. The van der Waals surface area contributed by atoms with Gasteiger partial charge in [0, 0.05) is 10.9 Å². The van der Waals surface area contributed by atoms with Crippen LogP contribution in [0.15, 0.2) is 59.0 Å². The smallest absolute Gasteiger partial charge is 0.228 e. The molecule has 0 saturated carbocycles. The van der Waals surface area contributed by atoms with E-state index in [2.05, 4.69) is 0 Å². The predicted molar refractivity (Wildman–Crippen MR) is 71.1 cm³/mol. The molecule has 3 rings (SSSR count). The second kappa shape index (κ2) is 4.31. The number of para-hydroxylation sites is 1. The van der Waals surface area contributed by atoms with E-state index in [4.69, 9.17) is 16.0 Å². The third-order valence-corrected chi connectivity index (χ3v) is 3.05. The average molecular weight is 257 g/mol. The zero-order valence-electron chi connectivity index (χ0n) is 9.39. The second-order valence-electron chi connectivity index (χ2n) is 3.96. The van der Waals surface area contributed by atoms with Crippen LogP contribution < -0.4 is 0 Å². The van der Waals surface area contributed by atoms with Crippen molar-refractivity contribution in [3.8, 4) is 0 Å². The second-order valence-corrected chi connectivity index (χ2v) is 4.37. The number of hydrogen-bond donors (Lipinski definition) is 0.